The first-order chi connectivity index (χ1) is 7.20. The molecule has 4 nitrogen and oxygen atoms in total. The Bertz CT molecular complexity index is 244. The van der Waals surface area contributed by atoms with Crippen molar-refractivity contribution in [2.24, 2.45) is 17.6 Å². The van der Waals surface area contributed by atoms with E-state index in [1.165, 1.54) is 13.0 Å². The Balaban J connectivity index is 1.64. The molecular weight excluding hydrogens is 190 g/mol. The standard InChI is InChI=1S/C11H21N3O/c1-2-14-4-3-8(7-14)6-13-11(15)9-5-10(9)12/h8-10H,2-7,12H2,1H3,(H,13,15). The fourth-order valence-electron chi connectivity index (χ4n) is 2.26. The number of amides is 1. The van der Waals surface area contributed by atoms with E-state index < -0.39 is 0 Å². The maximum absolute atomic E-state index is 11.5. The molecular formula is C11H21N3O. The van der Waals surface area contributed by atoms with Crippen molar-refractivity contribution in [3.8, 4) is 0 Å². The van der Waals surface area contributed by atoms with Gasteiger partial charge in [0.1, 0.15) is 0 Å². The van der Waals surface area contributed by atoms with Crippen LogP contribution in [0.3, 0.4) is 0 Å². The third-order valence-electron chi connectivity index (χ3n) is 3.56. The van der Waals surface area contributed by atoms with Gasteiger partial charge < -0.3 is 16.0 Å². The predicted molar refractivity (Wildman–Crippen MR) is 59.3 cm³/mol. The topological polar surface area (TPSA) is 58.4 Å². The van der Waals surface area contributed by atoms with Crippen LogP contribution < -0.4 is 11.1 Å². The number of nitrogens with zero attached hydrogens (tertiary/aromatic N) is 1. The van der Waals surface area contributed by atoms with Crippen LogP contribution in [0.25, 0.3) is 0 Å². The number of carbonyl (C=O) groups is 1. The molecule has 1 saturated carbocycles. The average Bonchev–Trinajstić information content (AvgIpc) is 2.81. The molecule has 4 heteroatoms. The minimum Gasteiger partial charge on any atom is -0.355 e. The van der Waals surface area contributed by atoms with Gasteiger partial charge in [0.2, 0.25) is 5.91 Å². The van der Waals surface area contributed by atoms with Crippen LogP contribution in [0.2, 0.25) is 0 Å². The van der Waals surface area contributed by atoms with Gasteiger partial charge in [0.05, 0.1) is 5.92 Å². The number of nitrogens with one attached hydrogen (secondary N) is 1. The summed E-state index contributed by atoms with van der Waals surface area (Å²) < 4.78 is 0. The molecule has 2 aliphatic rings. The molecule has 3 unspecified atom stereocenters. The summed E-state index contributed by atoms with van der Waals surface area (Å²) >= 11 is 0. The molecule has 1 saturated heterocycles. The molecule has 1 aliphatic carbocycles. The lowest BCUT2D eigenvalue weighted by Gasteiger charge is -2.13. The Morgan fingerprint density at radius 3 is 2.87 bits per heavy atom. The highest BCUT2D eigenvalue weighted by atomic mass is 16.2. The minimum atomic E-state index is 0.105. The zero-order valence-electron chi connectivity index (χ0n) is 9.41. The highest BCUT2D eigenvalue weighted by Gasteiger charge is 2.40. The first-order valence-electron chi connectivity index (χ1n) is 5.96. The van der Waals surface area contributed by atoms with Crippen LogP contribution in [0.15, 0.2) is 0 Å². The molecule has 0 aromatic rings. The van der Waals surface area contributed by atoms with E-state index in [0.717, 1.165) is 26.1 Å². The third-order valence-corrected chi connectivity index (χ3v) is 3.56. The van der Waals surface area contributed by atoms with Crippen molar-refractivity contribution in [2.45, 2.75) is 25.8 Å². The Labute approximate surface area is 91.2 Å². The van der Waals surface area contributed by atoms with Crippen LogP contribution >= 0.6 is 0 Å². The van der Waals surface area contributed by atoms with Crippen molar-refractivity contribution >= 4 is 5.91 Å². The Morgan fingerprint density at radius 1 is 1.60 bits per heavy atom. The molecule has 3 atom stereocenters. The van der Waals surface area contributed by atoms with E-state index in [1.807, 2.05) is 0 Å². The van der Waals surface area contributed by atoms with Gasteiger partial charge in [-0.2, -0.15) is 0 Å². The fraction of sp³-hybridized carbons (Fsp3) is 0.909. The molecule has 2 rings (SSSR count). The van der Waals surface area contributed by atoms with Gasteiger partial charge in [-0.15, -0.1) is 0 Å². The molecule has 15 heavy (non-hydrogen) atoms. The van der Waals surface area contributed by atoms with Crippen LogP contribution in [0.4, 0.5) is 0 Å². The van der Waals surface area contributed by atoms with Crippen molar-refractivity contribution in [3.05, 3.63) is 0 Å². The lowest BCUT2D eigenvalue weighted by atomic mass is 10.1. The van der Waals surface area contributed by atoms with E-state index in [0.29, 0.717) is 5.92 Å². The van der Waals surface area contributed by atoms with Crippen LogP contribution in [-0.4, -0.2) is 43.0 Å². The van der Waals surface area contributed by atoms with Gasteiger partial charge in [0, 0.05) is 19.1 Å². The van der Waals surface area contributed by atoms with E-state index in [2.05, 4.69) is 17.1 Å². The summed E-state index contributed by atoms with van der Waals surface area (Å²) in [5.41, 5.74) is 5.63. The Hall–Kier alpha value is -0.610. The van der Waals surface area contributed by atoms with Crippen molar-refractivity contribution < 1.29 is 4.79 Å². The van der Waals surface area contributed by atoms with Gasteiger partial charge in [-0.1, -0.05) is 6.92 Å². The maximum Gasteiger partial charge on any atom is 0.224 e. The first-order valence-corrected chi connectivity index (χ1v) is 5.96. The smallest absolute Gasteiger partial charge is 0.224 e. The summed E-state index contributed by atoms with van der Waals surface area (Å²) in [6.07, 6.45) is 2.09. The highest BCUT2D eigenvalue weighted by Crippen LogP contribution is 2.27. The van der Waals surface area contributed by atoms with Crippen molar-refractivity contribution in [3.63, 3.8) is 0 Å². The van der Waals surface area contributed by atoms with Gasteiger partial charge in [-0.3, -0.25) is 4.79 Å². The summed E-state index contributed by atoms with van der Waals surface area (Å²) in [5, 5.41) is 3.02. The molecule has 1 amide bonds. The van der Waals surface area contributed by atoms with Gasteiger partial charge in [-0.05, 0) is 31.8 Å². The van der Waals surface area contributed by atoms with E-state index in [1.54, 1.807) is 0 Å². The maximum atomic E-state index is 11.5. The molecule has 1 aliphatic heterocycles. The average molecular weight is 211 g/mol. The number of likely N-dealkylation sites (tertiary alicyclic amines) is 1. The van der Waals surface area contributed by atoms with Crippen LogP contribution in [0, 0.1) is 11.8 Å². The van der Waals surface area contributed by atoms with Crippen molar-refractivity contribution in [1.29, 1.82) is 0 Å². The quantitative estimate of drug-likeness (QED) is 0.676. The molecule has 86 valence electrons. The molecule has 0 aromatic heterocycles. The number of rotatable bonds is 4. The Morgan fingerprint density at radius 2 is 2.33 bits per heavy atom. The van der Waals surface area contributed by atoms with Gasteiger partial charge in [-0.25, -0.2) is 0 Å². The van der Waals surface area contributed by atoms with Crippen LogP contribution in [0.1, 0.15) is 19.8 Å². The summed E-state index contributed by atoms with van der Waals surface area (Å²) in [5.74, 6) is 0.912. The van der Waals surface area contributed by atoms with Crippen LogP contribution in [-0.2, 0) is 4.79 Å². The number of nitrogens with two attached hydrogens (primary N) is 1. The zero-order chi connectivity index (χ0) is 10.8. The lowest BCUT2D eigenvalue weighted by molar-refractivity contribution is -0.122. The van der Waals surface area contributed by atoms with Gasteiger partial charge >= 0.3 is 0 Å². The number of hydrogen-bond acceptors (Lipinski definition) is 3. The monoisotopic (exact) mass is 211 g/mol. The van der Waals surface area contributed by atoms with E-state index in [9.17, 15) is 4.79 Å². The molecule has 2 fully saturated rings. The zero-order valence-corrected chi connectivity index (χ0v) is 9.41. The van der Waals surface area contributed by atoms with Gasteiger partial charge in [0.25, 0.3) is 0 Å². The van der Waals surface area contributed by atoms with E-state index >= 15 is 0 Å². The highest BCUT2D eigenvalue weighted by molar-refractivity contribution is 5.82. The van der Waals surface area contributed by atoms with E-state index in [4.69, 9.17) is 5.73 Å². The first kappa shape index (κ1) is 10.9. The predicted octanol–water partition coefficient (Wildman–Crippen LogP) is -0.208. The molecule has 0 radical (unpaired) electrons. The lowest BCUT2D eigenvalue weighted by Crippen LogP contribution is -2.33. The second-order valence-electron chi connectivity index (χ2n) is 4.80. The number of hydrogen-bond donors (Lipinski definition) is 2. The largest absolute Gasteiger partial charge is 0.355 e. The molecule has 0 aromatic carbocycles. The normalized spacial score (nSPS) is 35.5. The third kappa shape index (κ3) is 2.69. The van der Waals surface area contributed by atoms with Crippen molar-refractivity contribution in [2.75, 3.05) is 26.2 Å². The van der Waals surface area contributed by atoms with Crippen molar-refractivity contribution in [1.82, 2.24) is 10.2 Å². The van der Waals surface area contributed by atoms with E-state index in [-0.39, 0.29) is 17.9 Å². The summed E-state index contributed by atoms with van der Waals surface area (Å²) in [6, 6.07) is 0.126. The summed E-state index contributed by atoms with van der Waals surface area (Å²) in [7, 11) is 0. The summed E-state index contributed by atoms with van der Waals surface area (Å²) in [6.45, 7) is 6.45. The minimum absolute atomic E-state index is 0.105. The second kappa shape index (κ2) is 4.49. The molecule has 3 N–H and O–H groups in total. The van der Waals surface area contributed by atoms with Crippen LogP contribution in [0.5, 0.6) is 0 Å². The fourth-order valence-corrected chi connectivity index (χ4v) is 2.26. The summed E-state index contributed by atoms with van der Waals surface area (Å²) in [4.78, 5) is 13.9. The number of carbonyl (C=O) groups excluding carboxylic acids is 1. The molecule has 0 bridgehead atoms. The van der Waals surface area contributed by atoms with Gasteiger partial charge in [0.15, 0.2) is 0 Å². The Kier molecular flexibility index (Phi) is 3.26. The SMILES string of the molecule is CCN1CCC(CNC(=O)C2CC2N)C1. The molecule has 0 spiro atoms. The second-order valence-corrected chi connectivity index (χ2v) is 4.80. The molecule has 1 heterocycles.